The second-order valence-corrected chi connectivity index (χ2v) is 8.73. The molecule has 2 aromatic rings. The van der Waals surface area contributed by atoms with Crippen LogP contribution in [0.5, 0.6) is 0 Å². The van der Waals surface area contributed by atoms with Gasteiger partial charge in [0.05, 0.1) is 17.1 Å². The Bertz CT molecular complexity index is 848. The Hall–Kier alpha value is -1.46. The van der Waals surface area contributed by atoms with Gasteiger partial charge in [0.1, 0.15) is 0 Å². The summed E-state index contributed by atoms with van der Waals surface area (Å²) in [6.45, 7) is 2.34. The number of alkyl halides is 2. The fourth-order valence-corrected chi connectivity index (χ4v) is 4.81. The molecule has 0 bridgehead atoms. The van der Waals surface area contributed by atoms with Crippen molar-refractivity contribution in [3.05, 3.63) is 35.0 Å². The van der Waals surface area contributed by atoms with E-state index in [1.54, 1.807) is 0 Å². The fourth-order valence-electron chi connectivity index (χ4n) is 4.54. The molecule has 1 aliphatic carbocycles. The third-order valence-electron chi connectivity index (χ3n) is 6.25. The van der Waals surface area contributed by atoms with Crippen molar-refractivity contribution in [1.29, 1.82) is 0 Å². The van der Waals surface area contributed by atoms with Crippen molar-refractivity contribution in [3.8, 4) is 0 Å². The molecule has 28 heavy (non-hydrogen) atoms. The predicted molar refractivity (Wildman–Crippen MR) is 106 cm³/mol. The topological polar surface area (TPSA) is 31.2 Å². The van der Waals surface area contributed by atoms with Gasteiger partial charge in [-0.2, -0.15) is 0 Å². The maximum atomic E-state index is 13.3. The smallest absolute Gasteiger partial charge is 0.248 e. The average molecular weight is 410 g/mol. The van der Waals surface area contributed by atoms with E-state index in [1.807, 2.05) is 24.4 Å². The van der Waals surface area contributed by atoms with Crippen molar-refractivity contribution in [1.82, 2.24) is 4.57 Å². The first-order valence-electron chi connectivity index (χ1n) is 10.2. The number of hydrogen-bond acceptors (Lipinski definition) is 2. The minimum absolute atomic E-state index is 0.0526. The number of benzene rings is 1. The van der Waals surface area contributed by atoms with Gasteiger partial charge in [-0.1, -0.05) is 17.7 Å². The van der Waals surface area contributed by atoms with Crippen molar-refractivity contribution < 1.29 is 18.3 Å². The molecule has 1 aromatic carbocycles. The number of aromatic nitrogens is 1. The SMILES string of the molecule is O=C(CCC1CCC(F)(F)CC1)c1cn(CC2CCOC2)c2cccc(Cl)c12. The van der Waals surface area contributed by atoms with Crippen LogP contribution in [0.15, 0.2) is 24.4 Å². The van der Waals surface area contributed by atoms with Gasteiger partial charge in [-0.3, -0.25) is 4.79 Å². The number of halogens is 3. The van der Waals surface area contributed by atoms with Crippen LogP contribution in [0.1, 0.15) is 55.3 Å². The fraction of sp³-hybridized carbons (Fsp3) is 0.591. The lowest BCUT2D eigenvalue weighted by molar-refractivity contribution is -0.0464. The Balaban J connectivity index is 1.50. The quantitative estimate of drug-likeness (QED) is 0.538. The van der Waals surface area contributed by atoms with Crippen LogP contribution in [0.4, 0.5) is 8.78 Å². The van der Waals surface area contributed by atoms with E-state index in [1.165, 1.54) is 0 Å². The van der Waals surface area contributed by atoms with Gasteiger partial charge in [-0.05, 0) is 43.7 Å². The summed E-state index contributed by atoms with van der Waals surface area (Å²) >= 11 is 6.44. The molecule has 6 heteroatoms. The van der Waals surface area contributed by atoms with Crippen LogP contribution in [-0.2, 0) is 11.3 Å². The van der Waals surface area contributed by atoms with Gasteiger partial charge in [-0.15, -0.1) is 0 Å². The Morgan fingerprint density at radius 1 is 1.21 bits per heavy atom. The molecule has 0 radical (unpaired) electrons. The Labute approximate surface area is 169 Å². The molecule has 2 aliphatic rings. The lowest BCUT2D eigenvalue weighted by atomic mass is 9.83. The molecular formula is C22H26ClF2NO2. The molecule has 1 aliphatic heterocycles. The van der Waals surface area contributed by atoms with E-state index in [-0.39, 0.29) is 24.5 Å². The number of ether oxygens (including phenoxy) is 1. The monoisotopic (exact) mass is 409 g/mol. The van der Waals surface area contributed by atoms with Crippen LogP contribution in [0.2, 0.25) is 5.02 Å². The predicted octanol–water partition coefficient (Wildman–Crippen LogP) is 6.12. The van der Waals surface area contributed by atoms with Gasteiger partial charge in [0.25, 0.3) is 0 Å². The zero-order chi connectivity index (χ0) is 19.7. The average Bonchev–Trinajstić information content (AvgIpc) is 3.30. The van der Waals surface area contributed by atoms with Crippen LogP contribution < -0.4 is 0 Å². The number of fused-ring (bicyclic) bond motifs is 1. The first-order valence-corrected chi connectivity index (χ1v) is 10.6. The highest BCUT2D eigenvalue weighted by atomic mass is 35.5. The van der Waals surface area contributed by atoms with Gasteiger partial charge in [-0.25, -0.2) is 8.78 Å². The van der Waals surface area contributed by atoms with Gasteiger partial charge in [0.2, 0.25) is 5.92 Å². The second-order valence-electron chi connectivity index (χ2n) is 8.32. The molecule has 1 saturated carbocycles. The van der Waals surface area contributed by atoms with E-state index >= 15 is 0 Å². The highest BCUT2D eigenvalue weighted by Crippen LogP contribution is 2.38. The number of Topliss-reactive ketones (excluding diaryl/α,β-unsaturated/α-hetero) is 1. The third kappa shape index (κ3) is 4.25. The zero-order valence-electron chi connectivity index (χ0n) is 15.9. The molecule has 2 heterocycles. The van der Waals surface area contributed by atoms with Crippen LogP contribution in [0, 0.1) is 11.8 Å². The van der Waals surface area contributed by atoms with Gasteiger partial charge in [0.15, 0.2) is 5.78 Å². The summed E-state index contributed by atoms with van der Waals surface area (Å²) in [5.41, 5.74) is 1.63. The molecule has 152 valence electrons. The van der Waals surface area contributed by atoms with E-state index in [0.717, 1.165) is 37.1 Å². The molecule has 3 nitrogen and oxygen atoms in total. The summed E-state index contributed by atoms with van der Waals surface area (Å²) in [5.74, 6) is -1.81. The van der Waals surface area contributed by atoms with Crippen molar-refractivity contribution in [2.75, 3.05) is 13.2 Å². The van der Waals surface area contributed by atoms with E-state index in [2.05, 4.69) is 4.57 Å². The Kier molecular flexibility index (Phi) is 5.75. The summed E-state index contributed by atoms with van der Waals surface area (Å²) < 4.78 is 34.3. The van der Waals surface area contributed by atoms with Crippen LogP contribution in [0.3, 0.4) is 0 Å². The summed E-state index contributed by atoms with van der Waals surface area (Å²) in [5, 5.41) is 1.39. The molecule has 1 aromatic heterocycles. The molecule has 0 amide bonds. The van der Waals surface area contributed by atoms with Crippen molar-refractivity contribution in [2.45, 2.75) is 57.4 Å². The van der Waals surface area contributed by atoms with E-state index in [4.69, 9.17) is 16.3 Å². The maximum Gasteiger partial charge on any atom is 0.248 e. The lowest BCUT2D eigenvalue weighted by Gasteiger charge is -2.27. The van der Waals surface area contributed by atoms with Crippen molar-refractivity contribution in [2.24, 2.45) is 11.8 Å². The molecule has 1 saturated heterocycles. The Morgan fingerprint density at radius 2 is 2.00 bits per heavy atom. The molecule has 0 spiro atoms. The molecule has 2 fully saturated rings. The van der Waals surface area contributed by atoms with E-state index in [0.29, 0.717) is 42.2 Å². The number of carbonyl (C=O) groups is 1. The lowest BCUT2D eigenvalue weighted by Crippen LogP contribution is -2.24. The Morgan fingerprint density at radius 3 is 2.71 bits per heavy atom. The maximum absolute atomic E-state index is 13.3. The van der Waals surface area contributed by atoms with Crippen LogP contribution in [0.25, 0.3) is 10.9 Å². The minimum Gasteiger partial charge on any atom is -0.381 e. The highest BCUT2D eigenvalue weighted by molar-refractivity contribution is 6.37. The summed E-state index contributed by atoms with van der Waals surface area (Å²) in [4.78, 5) is 13.0. The van der Waals surface area contributed by atoms with Crippen LogP contribution >= 0.6 is 11.6 Å². The normalized spacial score (nSPS) is 22.8. The summed E-state index contributed by atoms with van der Waals surface area (Å²) in [6.07, 6.45) is 4.90. The number of rotatable bonds is 6. The standard InChI is InChI=1S/C22H26ClF2NO2/c23-18-2-1-3-19-21(18)17(13-26(19)12-16-8-11-28-14-16)20(27)5-4-15-6-9-22(24,25)10-7-15/h1-3,13,15-16H,4-12,14H2. The summed E-state index contributed by atoms with van der Waals surface area (Å²) in [7, 11) is 0. The number of hydrogen-bond donors (Lipinski definition) is 0. The number of carbonyl (C=O) groups excluding carboxylic acids is 1. The molecule has 0 N–H and O–H groups in total. The third-order valence-corrected chi connectivity index (χ3v) is 6.57. The molecule has 1 atom stereocenters. The molecule has 4 rings (SSSR count). The van der Waals surface area contributed by atoms with Gasteiger partial charge < -0.3 is 9.30 Å². The first-order chi connectivity index (χ1) is 13.4. The van der Waals surface area contributed by atoms with E-state index in [9.17, 15) is 13.6 Å². The van der Waals surface area contributed by atoms with Gasteiger partial charge in [0, 0.05) is 55.5 Å². The van der Waals surface area contributed by atoms with Crippen molar-refractivity contribution >= 4 is 28.3 Å². The molecular weight excluding hydrogens is 384 g/mol. The summed E-state index contributed by atoms with van der Waals surface area (Å²) in [6, 6.07) is 5.71. The highest BCUT2D eigenvalue weighted by Gasteiger charge is 2.35. The zero-order valence-corrected chi connectivity index (χ0v) is 16.7. The first kappa shape index (κ1) is 19.8. The van der Waals surface area contributed by atoms with Crippen molar-refractivity contribution in [3.63, 3.8) is 0 Å². The largest absolute Gasteiger partial charge is 0.381 e. The van der Waals surface area contributed by atoms with Crippen LogP contribution in [-0.4, -0.2) is 29.5 Å². The molecule has 1 unspecified atom stereocenters. The minimum atomic E-state index is -2.52. The number of nitrogens with zero attached hydrogens (tertiary/aromatic N) is 1. The van der Waals surface area contributed by atoms with Gasteiger partial charge >= 0.3 is 0 Å². The number of ketones is 1. The van der Waals surface area contributed by atoms with E-state index < -0.39 is 5.92 Å². The second kappa shape index (κ2) is 8.11.